The summed E-state index contributed by atoms with van der Waals surface area (Å²) in [5, 5.41) is 2.57. The Hall–Kier alpha value is -4.27. The first-order chi connectivity index (χ1) is 20.1. The van der Waals surface area contributed by atoms with Crippen LogP contribution in [0.5, 0.6) is 5.75 Å². The Labute approximate surface area is 246 Å². The fraction of sp³-hybridized carbons (Fsp3) is 0.286. The highest BCUT2D eigenvalue weighted by atomic mass is 32.2. The van der Waals surface area contributed by atoms with Gasteiger partial charge in [0.2, 0.25) is 15.9 Å². The number of carbonyl (C=O) groups excluding carboxylic acids is 2. The molecule has 0 radical (unpaired) electrons. The smallest absolute Gasteiger partial charge is 0.339 e. The van der Waals surface area contributed by atoms with Crippen molar-refractivity contribution < 1.29 is 27.5 Å². The quantitative estimate of drug-likeness (QED) is 0.298. The summed E-state index contributed by atoms with van der Waals surface area (Å²) in [6.07, 6.45) is 1.22. The van der Waals surface area contributed by atoms with E-state index in [4.69, 9.17) is 9.47 Å². The molecule has 1 N–H and O–H groups in total. The minimum atomic E-state index is -4.05. The Balaban J connectivity index is 1.40. The summed E-state index contributed by atoms with van der Waals surface area (Å²) in [5.41, 5.74) is 0.612. The van der Waals surface area contributed by atoms with E-state index in [2.05, 4.69) is 15.2 Å². The molecule has 12 nitrogen and oxygen atoms in total. The van der Waals surface area contributed by atoms with E-state index in [1.54, 1.807) is 26.2 Å². The molecule has 220 valence electrons. The van der Waals surface area contributed by atoms with Gasteiger partial charge in [-0.3, -0.25) is 14.2 Å². The second-order valence-corrected chi connectivity index (χ2v) is 12.6. The third-order valence-electron chi connectivity index (χ3n) is 6.98. The number of thiophene rings is 1. The summed E-state index contributed by atoms with van der Waals surface area (Å²) < 4.78 is 40.4. The zero-order valence-electron chi connectivity index (χ0n) is 23.2. The Bertz CT molecular complexity index is 1830. The number of carbonyl (C=O) groups is 2. The van der Waals surface area contributed by atoms with Gasteiger partial charge in [-0.25, -0.2) is 18.2 Å². The maximum atomic E-state index is 13.9. The standard InChI is InChI=1S/C28H29N5O7S2/c1-18-25(42(37,38)33-14-12-31(13-15-33)21-10-6-7-11-22(21)39-2)24-26(41-18)29-17-32(27(24)35)16-23(34)30-20-9-5-4-8-19(20)28(36)40-3/h4-11,17H,12-16H2,1-3H3,(H,30,34). The number of para-hydroxylation sites is 3. The zero-order valence-corrected chi connectivity index (χ0v) is 24.8. The number of sulfonamides is 1. The van der Waals surface area contributed by atoms with Gasteiger partial charge in [0.05, 0.1) is 42.9 Å². The fourth-order valence-electron chi connectivity index (χ4n) is 4.95. The highest BCUT2D eigenvalue weighted by Gasteiger charge is 2.34. The average molecular weight is 612 g/mol. The molecule has 5 rings (SSSR count). The van der Waals surface area contributed by atoms with Gasteiger partial charge >= 0.3 is 5.97 Å². The molecule has 3 heterocycles. The van der Waals surface area contributed by atoms with Crippen LogP contribution in [0.15, 0.2) is 64.5 Å². The van der Waals surface area contributed by atoms with E-state index in [-0.39, 0.29) is 39.5 Å². The van der Waals surface area contributed by atoms with Crippen molar-refractivity contribution >= 4 is 54.8 Å². The molecule has 1 aliphatic heterocycles. The van der Waals surface area contributed by atoms with Crippen molar-refractivity contribution in [1.82, 2.24) is 13.9 Å². The van der Waals surface area contributed by atoms with Crippen LogP contribution in [-0.4, -0.2) is 74.5 Å². The van der Waals surface area contributed by atoms with Crippen LogP contribution in [0.1, 0.15) is 15.2 Å². The van der Waals surface area contributed by atoms with Crippen LogP contribution in [0.4, 0.5) is 11.4 Å². The second-order valence-electron chi connectivity index (χ2n) is 9.49. The molecule has 1 aliphatic rings. The number of hydrogen-bond donors (Lipinski definition) is 1. The predicted octanol–water partition coefficient (Wildman–Crippen LogP) is 2.71. The molecule has 0 aliphatic carbocycles. The molecule has 0 atom stereocenters. The van der Waals surface area contributed by atoms with Crippen molar-refractivity contribution in [2.75, 3.05) is 50.6 Å². The number of nitrogens with one attached hydrogen (secondary N) is 1. The molecule has 4 aromatic rings. The van der Waals surface area contributed by atoms with E-state index in [1.165, 1.54) is 29.9 Å². The lowest BCUT2D eigenvalue weighted by Crippen LogP contribution is -2.49. The van der Waals surface area contributed by atoms with E-state index in [0.717, 1.165) is 21.6 Å². The number of benzene rings is 2. The van der Waals surface area contributed by atoms with E-state index in [0.29, 0.717) is 23.7 Å². The third-order valence-corrected chi connectivity index (χ3v) is 10.2. The van der Waals surface area contributed by atoms with Crippen LogP contribution in [0, 0.1) is 6.92 Å². The van der Waals surface area contributed by atoms with Crippen LogP contribution in [0.3, 0.4) is 0 Å². The highest BCUT2D eigenvalue weighted by Crippen LogP contribution is 2.34. The van der Waals surface area contributed by atoms with Gasteiger partial charge in [-0.1, -0.05) is 24.3 Å². The van der Waals surface area contributed by atoms with Gasteiger partial charge in [0.15, 0.2) is 0 Å². The van der Waals surface area contributed by atoms with Gasteiger partial charge in [0, 0.05) is 31.1 Å². The first-order valence-electron chi connectivity index (χ1n) is 13.0. The summed E-state index contributed by atoms with van der Waals surface area (Å²) in [7, 11) is -1.23. The normalized spacial score (nSPS) is 14.1. The number of amides is 1. The van der Waals surface area contributed by atoms with Crippen molar-refractivity contribution in [2.24, 2.45) is 0 Å². The Morgan fingerprint density at radius 1 is 1.02 bits per heavy atom. The molecule has 2 aromatic heterocycles. The SMILES string of the molecule is COC(=O)c1ccccc1NC(=O)Cn1cnc2sc(C)c(S(=O)(=O)N3CCN(c4ccccc4OC)CC3)c2c1=O. The number of esters is 1. The zero-order chi connectivity index (χ0) is 30.0. The molecule has 1 saturated heterocycles. The summed E-state index contributed by atoms with van der Waals surface area (Å²) in [6, 6.07) is 13.9. The number of fused-ring (bicyclic) bond motifs is 1. The first-order valence-corrected chi connectivity index (χ1v) is 15.2. The minimum absolute atomic E-state index is 0.0464. The van der Waals surface area contributed by atoms with Crippen molar-refractivity contribution in [3.63, 3.8) is 0 Å². The molecule has 42 heavy (non-hydrogen) atoms. The molecule has 0 saturated carbocycles. The van der Waals surface area contributed by atoms with Crippen molar-refractivity contribution in [3.8, 4) is 5.75 Å². The molecule has 2 aromatic carbocycles. The number of aryl methyl sites for hydroxylation is 1. The molecular weight excluding hydrogens is 582 g/mol. The van der Waals surface area contributed by atoms with E-state index in [9.17, 15) is 22.8 Å². The molecule has 1 amide bonds. The molecule has 1 fully saturated rings. The van der Waals surface area contributed by atoms with Crippen LogP contribution in [0.2, 0.25) is 0 Å². The summed E-state index contributed by atoms with van der Waals surface area (Å²) >= 11 is 1.11. The number of ether oxygens (including phenoxy) is 2. The lowest BCUT2D eigenvalue weighted by Gasteiger charge is -2.35. The van der Waals surface area contributed by atoms with E-state index < -0.39 is 34.0 Å². The number of hydrogen-bond acceptors (Lipinski definition) is 10. The van der Waals surface area contributed by atoms with Crippen LogP contribution >= 0.6 is 11.3 Å². The molecular formula is C28H29N5O7S2. The highest BCUT2D eigenvalue weighted by molar-refractivity contribution is 7.89. The number of nitrogens with zero attached hydrogens (tertiary/aromatic N) is 4. The Kier molecular flexibility index (Phi) is 8.29. The number of aromatic nitrogens is 2. The van der Waals surface area contributed by atoms with Crippen LogP contribution in [-0.2, 0) is 26.1 Å². The number of rotatable bonds is 8. The molecule has 0 bridgehead atoms. The average Bonchev–Trinajstić information content (AvgIpc) is 3.36. The maximum absolute atomic E-state index is 13.9. The monoisotopic (exact) mass is 611 g/mol. The van der Waals surface area contributed by atoms with Gasteiger partial charge < -0.3 is 19.7 Å². The molecule has 0 spiro atoms. The lowest BCUT2D eigenvalue weighted by molar-refractivity contribution is -0.116. The summed E-state index contributed by atoms with van der Waals surface area (Å²) in [5.74, 6) is -0.519. The predicted molar refractivity (Wildman–Crippen MR) is 159 cm³/mol. The second kappa shape index (κ2) is 11.9. The van der Waals surface area contributed by atoms with Gasteiger partial charge in [-0.2, -0.15) is 4.31 Å². The lowest BCUT2D eigenvalue weighted by atomic mass is 10.2. The summed E-state index contributed by atoms with van der Waals surface area (Å²) in [6.45, 7) is 2.52. The fourth-order valence-corrected chi connectivity index (χ4v) is 8.04. The van der Waals surface area contributed by atoms with Gasteiger partial charge in [-0.15, -0.1) is 11.3 Å². The topological polar surface area (TPSA) is 140 Å². The minimum Gasteiger partial charge on any atom is -0.495 e. The molecule has 14 heteroatoms. The van der Waals surface area contributed by atoms with Gasteiger partial charge in [0.1, 0.15) is 22.0 Å². The van der Waals surface area contributed by atoms with Crippen molar-refractivity contribution in [3.05, 3.63) is 75.7 Å². The maximum Gasteiger partial charge on any atom is 0.339 e. The molecule has 0 unspecified atom stereocenters. The van der Waals surface area contributed by atoms with Crippen molar-refractivity contribution in [2.45, 2.75) is 18.4 Å². The number of anilines is 2. The Morgan fingerprint density at radius 3 is 2.43 bits per heavy atom. The van der Waals surface area contributed by atoms with Gasteiger partial charge in [-0.05, 0) is 31.2 Å². The largest absolute Gasteiger partial charge is 0.495 e. The summed E-state index contributed by atoms with van der Waals surface area (Å²) in [4.78, 5) is 45.5. The van der Waals surface area contributed by atoms with E-state index in [1.807, 2.05) is 24.3 Å². The van der Waals surface area contributed by atoms with Gasteiger partial charge in [0.25, 0.3) is 5.56 Å². The van der Waals surface area contributed by atoms with E-state index >= 15 is 0 Å². The Morgan fingerprint density at radius 2 is 1.71 bits per heavy atom. The number of piperazine rings is 1. The van der Waals surface area contributed by atoms with Crippen LogP contribution < -0.4 is 20.5 Å². The first kappa shape index (κ1) is 29.2. The van der Waals surface area contributed by atoms with Crippen LogP contribution in [0.25, 0.3) is 10.2 Å². The third kappa shape index (κ3) is 5.47. The number of methoxy groups -OCH3 is 2. The van der Waals surface area contributed by atoms with Crippen molar-refractivity contribution in [1.29, 1.82) is 0 Å².